The number of hydrogen-bond donors (Lipinski definition) is 1. The number of nitrogens with two attached hydrogens (primary N) is 1. The zero-order valence-electron chi connectivity index (χ0n) is 10.0. The number of aromatic nitrogens is 2. The normalized spacial score (nSPS) is 12.4. The van der Waals surface area contributed by atoms with Crippen molar-refractivity contribution in [3.8, 4) is 0 Å². The van der Waals surface area contributed by atoms with Crippen LogP contribution in [0.15, 0.2) is 4.52 Å². The fourth-order valence-corrected chi connectivity index (χ4v) is 1.97. The van der Waals surface area contributed by atoms with Crippen LogP contribution in [0, 0.1) is 0 Å². The van der Waals surface area contributed by atoms with Crippen molar-refractivity contribution in [2.24, 2.45) is 5.73 Å². The highest BCUT2D eigenvalue weighted by molar-refractivity contribution is 7.98. The van der Waals surface area contributed by atoms with Crippen LogP contribution in [0.3, 0.4) is 0 Å². The molecule has 0 saturated heterocycles. The van der Waals surface area contributed by atoms with E-state index in [1.165, 1.54) is 18.9 Å². The van der Waals surface area contributed by atoms with Gasteiger partial charge in [-0.3, -0.25) is 4.79 Å². The van der Waals surface area contributed by atoms with Crippen molar-refractivity contribution < 1.29 is 14.1 Å². The maximum atomic E-state index is 11.0. The SMILES string of the molecule is CCCc1noc(CSCC(N)C(=O)OC)n1. The van der Waals surface area contributed by atoms with Gasteiger partial charge >= 0.3 is 5.97 Å². The number of methoxy groups -OCH3 is 1. The Labute approximate surface area is 104 Å². The Bertz CT molecular complexity index is 356. The second kappa shape index (κ2) is 7.29. The van der Waals surface area contributed by atoms with Crippen LogP contribution in [0.2, 0.25) is 0 Å². The van der Waals surface area contributed by atoms with Gasteiger partial charge in [-0.05, 0) is 6.42 Å². The first-order valence-electron chi connectivity index (χ1n) is 5.40. The maximum Gasteiger partial charge on any atom is 0.323 e. The monoisotopic (exact) mass is 259 g/mol. The summed E-state index contributed by atoms with van der Waals surface area (Å²) in [5, 5.41) is 3.83. The summed E-state index contributed by atoms with van der Waals surface area (Å²) < 4.78 is 9.57. The molecule has 1 atom stereocenters. The minimum atomic E-state index is -0.608. The molecule has 0 aliphatic heterocycles. The molecule has 0 aliphatic carbocycles. The Morgan fingerprint density at radius 1 is 1.65 bits per heavy atom. The van der Waals surface area contributed by atoms with Crippen molar-refractivity contribution in [1.29, 1.82) is 0 Å². The number of hydrogen-bond acceptors (Lipinski definition) is 7. The number of thioether (sulfide) groups is 1. The van der Waals surface area contributed by atoms with Crippen molar-refractivity contribution >= 4 is 17.7 Å². The Balaban J connectivity index is 2.28. The lowest BCUT2D eigenvalue weighted by Gasteiger charge is -2.06. The van der Waals surface area contributed by atoms with Gasteiger partial charge in [0.15, 0.2) is 5.82 Å². The van der Waals surface area contributed by atoms with E-state index in [1.54, 1.807) is 0 Å². The molecule has 0 amide bonds. The van der Waals surface area contributed by atoms with E-state index in [0.29, 0.717) is 17.4 Å². The van der Waals surface area contributed by atoms with Crippen LogP contribution in [0.5, 0.6) is 0 Å². The molecule has 1 aromatic rings. The molecule has 0 bridgehead atoms. The van der Waals surface area contributed by atoms with E-state index in [2.05, 4.69) is 21.8 Å². The molecule has 7 heteroatoms. The van der Waals surface area contributed by atoms with Gasteiger partial charge in [0.2, 0.25) is 5.89 Å². The third kappa shape index (κ3) is 4.74. The van der Waals surface area contributed by atoms with Gasteiger partial charge in [0.1, 0.15) is 6.04 Å². The third-order valence-electron chi connectivity index (χ3n) is 2.01. The summed E-state index contributed by atoms with van der Waals surface area (Å²) in [5.41, 5.74) is 5.58. The molecule has 0 fully saturated rings. The highest BCUT2D eigenvalue weighted by Gasteiger charge is 2.14. The molecular weight excluding hydrogens is 242 g/mol. The summed E-state index contributed by atoms with van der Waals surface area (Å²) in [6.07, 6.45) is 1.80. The minimum absolute atomic E-state index is 0.408. The number of ether oxygens (including phenoxy) is 1. The van der Waals surface area contributed by atoms with Crippen molar-refractivity contribution in [3.63, 3.8) is 0 Å². The Morgan fingerprint density at radius 3 is 3.06 bits per heavy atom. The van der Waals surface area contributed by atoms with Crippen LogP contribution in [0.4, 0.5) is 0 Å². The molecule has 0 spiro atoms. The molecular formula is C10H17N3O3S. The third-order valence-corrected chi connectivity index (χ3v) is 3.06. The summed E-state index contributed by atoms with van der Waals surface area (Å²) in [7, 11) is 1.32. The van der Waals surface area contributed by atoms with Crippen molar-refractivity contribution in [2.45, 2.75) is 31.6 Å². The molecule has 0 aliphatic rings. The summed E-state index contributed by atoms with van der Waals surface area (Å²) in [6, 6.07) is -0.608. The molecule has 96 valence electrons. The first-order chi connectivity index (χ1) is 8.17. The standard InChI is InChI=1S/C10H17N3O3S/c1-3-4-8-12-9(16-13-8)6-17-5-7(11)10(14)15-2/h7H,3-6,11H2,1-2H3. The van der Waals surface area contributed by atoms with E-state index in [0.717, 1.165) is 18.7 Å². The Kier molecular flexibility index (Phi) is 5.99. The van der Waals surface area contributed by atoms with Gasteiger partial charge in [0.05, 0.1) is 12.9 Å². The van der Waals surface area contributed by atoms with E-state index in [-0.39, 0.29) is 0 Å². The number of esters is 1. The summed E-state index contributed by atoms with van der Waals surface area (Å²) in [5.74, 6) is 1.91. The van der Waals surface area contributed by atoms with Crippen LogP contribution in [-0.4, -0.2) is 35.0 Å². The van der Waals surface area contributed by atoms with Crippen LogP contribution in [-0.2, 0) is 21.7 Å². The summed E-state index contributed by atoms with van der Waals surface area (Å²) >= 11 is 1.47. The number of carbonyl (C=O) groups is 1. The molecule has 1 aromatic heterocycles. The summed E-state index contributed by atoms with van der Waals surface area (Å²) in [4.78, 5) is 15.2. The topological polar surface area (TPSA) is 91.2 Å². The fraction of sp³-hybridized carbons (Fsp3) is 0.700. The van der Waals surface area contributed by atoms with E-state index >= 15 is 0 Å². The minimum Gasteiger partial charge on any atom is -0.468 e. The molecule has 2 N–H and O–H groups in total. The van der Waals surface area contributed by atoms with E-state index in [4.69, 9.17) is 10.3 Å². The van der Waals surface area contributed by atoms with E-state index in [1.807, 2.05) is 0 Å². The first-order valence-corrected chi connectivity index (χ1v) is 6.55. The lowest BCUT2D eigenvalue weighted by molar-refractivity contribution is -0.141. The highest BCUT2D eigenvalue weighted by Crippen LogP contribution is 2.12. The van der Waals surface area contributed by atoms with Gasteiger partial charge in [-0.25, -0.2) is 0 Å². The van der Waals surface area contributed by atoms with Gasteiger partial charge in [-0.15, -0.1) is 11.8 Å². The molecule has 1 rings (SSSR count). The molecule has 0 aromatic carbocycles. The van der Waals surface area contributed by atoms with Crippen LogP contribution in [0.1, 0.15) is 25.1 Å². The fourth-order valence-electron chi connectivity index (χ4n) is 1.17. The van der Waals surface area contributed by atoms with Crippen LogP contribution < -0.4 is 5.73 Å². The number of rotatable bonds is 7. The van der Waals surface area contributed by atoms with Gasteiger partial charge in [0.25, 0.3) is 0 Å². The molecule has 1 unspecified atom stereocenters. The van der Waals surface area contributed by atoms with Crippen molar-refractivity contribution in [1.82, 2.24) is 10.1 Å². The molecule has 0 radical (unpaired) electrons. The Hall–Kier alpha value is -1.08. The smallest absolute Gasteiger partial charge is 0.323 e. The molecule has 6 nitrogen and oxygen atoms in total. The van der Waals surface area contributed by atoms with Crippen molar-refractivity contribution in [2.75, 3.05) is 12.9 Å². The number of nitrogens with zero attached hydrogens (tertiary/aromatic N) is 2. The van der Waals surface area contributed by atoms with Crippen molar-refractivity contribution in [3.05, 3.63) is 11.7 Å². The lowest BCUT2D eigenvalue weighted by atomic mass is 10.3. The van der Waals surface area contributed by atoms with E-state index in [9.17, 15) is 4.79 Å². The second-order valence-corrected chi connectivity index (χ2v) is 4.53. The van der Waals surface area contributed by atoms with Gasteiger partial charge in [-0.2, -0.15) is 4.98 Å². The Morgan fingerprint density at radius 2 is 2.41 bits per heavy atom. The molecule has 1 heterocycles. The quantitative estimate of drug-likeness (QED) is 0.722. The second-order valence-electron chi connectivity index (χ2n) is 3.50. The highest BCUT2D eigenvalue weighted by atomic mass is 32.2. The predicted octanol–water partition coefficient (Wildman–Crippen LogP) is 0.756. The van der Waals surface area contributed by atoms with Gasteiger partial charge in [-0.1, -0.05) is 12.1 Å². The predicted molar refractivity (Wildman–Crippen MR) is 64.4 cm³/mol. The average molecular weight is 259 g/mol. The van der Waals surface area contributed by atoms with Crippen LogP contribution >= 0.6 is 11.8 Å². The summed E-state index contributed by atoms with van der Waals surface area (Å²) in [6.45, 7) is 2.06. The first kappa shape index (κ1) is 14.0. The maximum absolute atomic E-state index is 11.0. The van der Waals surface area contributed by atoms with Crippen LogP contribution in [0.25, 0.3) is 0 Å². The average Bonchev–Trinajstić information content (AvgIpc) is 2.76. The van der Waals surface area contributed by atoms with Gasteiger partial charge < -0.3 is 15.0 Å². The van der Waals surface area contributed by atoms with E-state index < -0.39 is 12.0 Å². The number of carbonyl (C=O) groups excluding carboxylic acids is 1. The van der Waals surface area contributed by atoms with Gasteiger partial charge in [0, 0.05) is 12.2 Å². The lowest BCUT2D eigenvalue weighted by Crippen LogP contribution is -2.33. The zero-order valence-corrected chi connectivity index (χ0v) is 10.8. The molecule has 0 saturated carbocycles. The largest absolute Gasteiger partial charge is 0.468 e. The number of aryl methyl sites for hydroxylation is 1. The zero-order chi connectivity index (χ0) is 12.7. The molecule has 17 heavy (non-hydrogen) atoms.